The molecule has 6 heterocycles. The Labute approximate surface area is 602 Å². The smallest absolute Gasteiger partial charge is 0.408 e. The fraction of sp³-hybridized carbons (Fsp3) is 0.478. The van der Waals surface area contributed by atoms with Crippen LogP contribution in [0.25, 0.3) is 0 Å². The summed E-state index contributed by atoms with van der Waals surface area (Å²) in [6, 6.07) is 7.12. The molecule has 6 aliphatic rings. The number of amides is 14. The lowest BCUT2D eigenvalue weighted by Crippen LogP contribution is -2.57. The molecule has 0 bridgehead atoms. The first-order valence-electron chi connectivity index (χ1n) is 32.2. The molecule has 103 heavy (non-hydrogen) atoms. The number of nitrogen functional groups attached to an aromatic ring is 3. The summed E-state index contributed by atoms with van der Waals surface area (Å²) in [6.07, 6.45) is -1.57. The molecule has 3 aromatic rings. The number of alkyl carbamates (subject to hydrolysis) is 2. The first kappa shape index (κ1) is 83.1. The molecular weight excluding hydrogens is 1400 g/mol. The Bertz CT molecular complexity index is 3920. The Morgan fingerprint density at radius 2 is 0.825 bits per heavy atom. The molecule has 0 saturated carbocycles. The van der Waals surface area contributed by atoms with E-state index in [0.717, 1.165) is 19.6 Å². The fourth-order valence-electron chi connectivity index (χ4n) is 10.9. The molecule has 0 aliphatic carbocycles. The van der Waals surface area contributed by atoms with Gasteiger partial charge in [0.05, 0.1) is 33.4 Å². The Morgan fingerprint density at radius 3 is 1.14 bits per heavy atom. The summed E-state index contributed by atoms with van der Waals surface area (Å²) in [6.45, 7) is 19.3. The molecule has 0 spiro atoms. The summed E-state index contributed by atoms with van der Waals surface area (Å²) < 4.78 is 25.1. The van der Waals surface area contributed by atoms with Gasteiger partial charge in [0.1, 0.15) is 47.5 Å². The normalized spacial score (nSPS) is 18.8. The average molecular weight is 1480 g/mol. The number of fused-ring (bicyclic) bond motifs is 3. The van der Waals surface area contributed by atoms with Crippen LogP contribution < -0.4 is 38.9 Å². The molecule has 558 valence electrons. The number of hydrogen-bond acceptors (Lipinski definition) is 26. The number of carbonyl (C=O) groups is 17. The molecule has 0 radical (unpaired) electrons. The van der Waals surface area contributed by atoms with Gasteiger partial charge in [-0.3, -0.25) is 82.3 Å². The van der Waals surface area contributed by atoms with Crippen LogP contribution in [0.15, 0.2) is 54.6 Å². The standard InChI is InChI=1S/C24H30N4O8.C19H22N4O6.C13H11N3O4.C11H20ClNO4.ClH/c1-12(2)18(26-23(34)36-24(3,4)5)22(33)35-11-27-16(29)10-9-15(20(27)31)28-19(30)13-7-6-8-14(25)17(13)21(28)32;1-9(2)15(21)19(28)29-8-22-13(24)7-6-12(17(22)26)23-16(25)10-4-3-5-11(20)14(10)18(23)27;14-7-3-1-2-6-10(7)13(20)16(12(6)19)8-4-5-9(17)15-11(8)18;1-7(2)8(9(14)16-6-12)13-10(15)17-11(3,4)5;/h6-8,12,15,18H,9-11,25H2,1-5H3,(H,26,34);3-5,9,12,15H,6-8,20-21H2,1-2H3;1-3,8H,4-5,14H2,(H,15,17,18);7-8H,6H2,1-5H3,(H,13,15);1H/t15?,18-;12?,15-;;8-;/m00.1./s1. The molecule has 3 unspecified atom stereocenters. The third-order valence-electron chi connectivity index (χ3n) is 16.1. The zero-order chi connectivity index (χ0) is 76.5. The Morgan fingerprint density at radius 1 is 0.495 bits per heavy atom. The quantitative estimate of drug-likeness (QED) is 0.0354. The van der Waals surface area contributed by atoms with Gasteiger partial charge in [-0.1, -0.05) is 71.3 Å². The van der Waals surface area contributed by atoms with E-state index in [-0.39, 0.29) is 119 Å². The number of benzene rings is 3. The molecule has 3 fully saturated rings. The van der Waals surface area contributed by atoms with E-state index in [9.17, 15) is 81.5 Å². The van der Waals surface area contributed by atoms with E-state index in [1.807, 2.05) is 0 Å². The second kappa shape index (κ2) is 34.4. The summed E-state index contributed by atoms with van der Waals surface area (Å²) >= 11 is 5.30. The Balaban J connectivity index is 0.000000256. The molecule has 11 N–H and O–H groups in total. The van der Waals surface area contributed by atoms with Crippen molar-refractivity contribution in [3.8, 4) is 0 Å². The largest absolute Gasteiger partial charge is 0.448 e. The molecule has 6 atom stereocenters. The van der Waals surface area contributed by atoms with E-state index in [4.69, 9.17) is 53.5 Å². The fourth-order valence-corrected chi connectivity index (χ4v) is 11.0. The molecule has 0 aromatic heterocycles. The highest BCUT2D eigenvalue weighted by atomic mass is 35.5. The predicted molar refractivity (Wildman–Crippen MR) is 365 cm³/mol. The number of imide groups is 6. The van der Waals surface area contributed by atoms with Crippen molar-refractivity contribution >= 4 is 142 Å². The number of esters is 3. The second-order valence-corrected chi connectivity index (χ2v) is 27.1. The maximum absolute atomic E-state index is 13.1. The van der Waals surface area contributed by atoms with Crippen molar-refractivity contribution < 1.29 is 105 Å². The summed E-state index contributed by atoms with van der Waals surface area (Å²) in [5.41, 5.74) is 22.7. The average Bonchev–Trinajstić information content (AvgIpc) is 1.62. The molecule has 14 amide bonds. The van der Waals surface area contributed by atoms with E-state index >= 15 is 0 Å². The number of ether oxygens (including phenoxy) is 5. The SMILES string of the molecule is CC(C)[C@@H](NC(=O)OC(C)(C)C)C(=O)OCCl.CC(C)[C@H](N)C(=O)OCN1C(=O)CCC(N2C(=O)c3cccc(N)c3C2=O)C1=O.CC(C)[C@H](NC(=O)OC(C)(C)C)C(=O)OCN1C(=O)CCC(N2C(=O)c3cccc(N)c3C2=O)C1=O.Cl.Nc1cccc2c1C(=O)N(C1CCC(=O)NC1=O)C2=O. The van der Waals surface area contributed by atoms with Gasteiger partial charge in [0, 0.05) is 36.3 Å². The first-order valence-corrected chi connectivity index (χ1v) is 32.7. The number of hydrogen-bond donors (Lipinski definition) is 7. The Kier molecular flexibility index (Phi) is 27.7. The van der Waals surface area contributed by atoms with E-state index < -0.39 is 168 Å². The minimum absolute atomic E-state index is 0. The van der Waals surface area contributed by atoms with Crippen LogP contribution in [0.3, 0.4) is 0 Å². The van der Waals surface area contributed by atoms with Crippen LogP contribution >= 0.6 is 24.0 Å². The van der Waals surface area contributed by atoms with Gasteiger partial charge in [-0.15, -0.1) is 12.4 Å². The summed E-state index contributed by atoms with van der Waals surface area (Å²) in [5, 5.41) is 7.03. The zero-order valence-corrected chi connectivity index (χ0v) is 60.1. The summed E-state index contributed by atoms with van der Waals surface area (Å²) in [5.74, 6) is -10.6. The van der Waals surface area contributed by atoms with Crippen LogP contribution in [0.2, 0.25) is 0 Å². The predicted octanol–water partition coefficient (Wildman–Crippen LogP) is 3.67. The molecule has 36 heteroatoms. The van der Waals surface area contributed by atoms with Crippen molar-refractivity contribution in [3.63, 3.8) is 0 Å². The van der Waals surface area contributed by atoms with Crippen LogP contribution in [0.4, 0.5) is 26.7 Å². The number of anilines is 3. The van der Waals surface area contributed by atoms with Gasteiger partial charge in [-0.2, -0.15) is 0 Å². The van der Waals surface area contributed by atoms with Crippen molar-refractivity contribution in [2.45, 2.75) is 169 Å². The number of carbonyl (C=O) groups excluding carboxylic acids is 17. The number of halogens is 2. The molecule has 3 aromatic carbocycles. The third-order valence-corrected chi connectivity index (χ3v) is 16.2. The Hall–Kier alpha value is -10.6. The van der Waals surface area contributed by atoms with Crippen molar-refractivity contribution in [2.24, 2.45) is 23.5 Å². The molecule has 9 rings (SSSR count). The highest BCUT2D eigenvalue weighted by molar-refractivity contribution is 6.27. The molecule has 6 aliphatic heterocycles. The van der Waals surface area contributed by atoms with Gasteiger partial charge in [0.2, 0.25) is 23.6 Å². The first-order chi connectivity index (χ1) is 47.5. The van der Waals surface area contributed by atoms with Crippen LogP contribution in [0, 0.1) is 17.8 Å². The lowest BCUT2D eigenvalue weighted by molar-refractivity contribution is -0.167. The van der Waals surface area contributed by atoms with Crippen LogP contribution in [-0.2, 0) is 66.8 Å². The van der Waals surface area contributed by atoms with Crippen LogP contribution in [0.5, 0.6) is 0 Å². The number of alkyl halides is 1. The van der Waals surface area contributed by atoms with Gasteiger partial charge in [0.25, 0.3) is 47.3 Å². The second-order valence-electron chi connectivity index (χ2n) is 26.9. The van der Waals surface area contributed by atoms with Crippen molar-refractivity contribution in [1.82, 2.24) is 40.4 Å². The third kappa shape index (κ3) is 19.5. The number of nitrogens with one attached hydrogen (secondary N) is 3. The summed E-state index contributed by atoms with van der Waals surface area (Å²) in [7, 11) is 0. The number of nitrogens with two attached hydrogens (primary N) is 4. The van der Waals surface area contributed by atoms with Crippen molar-refractivity contribution in [2.75, 3.05) is 36.7 Å². The zero-order valence-electron chi connectivity index (χ0n) is 58.6. The lowest BCUT2D eigenvalue weighted by Gasteiger charge is -2.34. The van der Waals surface area contributed by atoms with Crippen LogP contribution in [-0.4, -0.2) is 192 Å². The summed E-state index contributed by atoms with van der Waals surface area (Å²) in [4.78, 5) is 213. The van der Waals surface area contributed by atoms with Gasteiger partial charge in [-0.05, 0) is 115 Å². The monoisotopic (exact) mass is 1480 g/mol. The van der Waals surface area contributed by atoms with E-state index in [1.165, 1.54) is 42.5 Å². The maximum Gasteiger partial charge on any atom is 0.408 e. The number of likely N-dealkylation sites (tertiary alicyclic amines) is 2. The highest BCUT2D eigenvalue weighted by Crippen LogP contribution is 2.35. The van der Waals surface area contributed by atoms with Crippen molar-refractivity contribution in [3.05, 3.63) is 88.0 Å². The topological polar surface area (TPSA) is 493 Å². The van der Waals surface area contributed by atoms with Crippen LogP contribution in [0.1, 0.15) is 184 Å². The highest BCUT2D eigenvalue weighted by Gasteiger charge is 2.51. The molecule has 3 saturated heterocycles. The van der Waals surface area contributed by atoms with E-state index in [0.29, 0.717) is 4.90 Å². The van der Waals surface area contributed by atoms with Gasteiger partial charge in [0.15, 0.2) is 19.5 Å². The van der Waals surface area contributed by atoms with E-state index in [2.05, 4.69) is 20.7 Å². The number of rotatable bonds is 16. The minimum Gasteiger partial charge on any atom is -0.448 e. The van der Waals surface area contributed by atoms with Gasteiger partial charge >= 0.3 is 30.1 Å². The number of piperidine rings is 3. The van der Waals surface area contributed by atoms with Crippen molar-refractivity contribution in [1.29, 1.82) is 0 Å². The minimum atomic E-state index is -1.26. The van der Waals surface area contributed by atoms with Gasteiger partial charge < -0.3 is 57.3 Å². The molecular formula is C67H84Cl2N12O22. The lowest BCUT2D eigenvalue weighted by atomic mass is 10.0. The van der Waals surface area contributed by atoms with Gasteiger partial charge in [-0.25, -0.2) is 29.0 Å². The van der Waals surface area contributed by atoms with E-state index in [1.54, 1.807) is 95.2 Å². The molecule has 34 nitrogen and oxygen atoms in total. The number of nitrogens with zero attached hydrogens (tertiary/aromatic N) is 5. The maximum atomic E-state index is 13.1.